The van der Waals surface area contributed by atoms with E-state index in [9.17, 15) is 16.8 Å². The third kappa shape index (κ3) is 4.47. The van der Waals surface area contributed by atoms with Crippen LogP contribution < -0.4 is 10.0 Å². The summed E-state index contributed by atoms with van der Waals surface area (Å²) >= 11 is 0. The predicted molar refractivity (Wildman–Crippen MR) is 95.3 cm³/mol. The fraction of sp³-hybridized carbons (Fsp3) is 0.571. The van der Waals surface area contributed by atoms with Gasteiger partial charge in [0, 0.05) is 20.1 Å². The predicted octanol–water partition coefficient (Wildman–Crippen LogP) is 0.635. The zero-order valence-electron chi connectivity index (χ0n) is 13.9. The second-order valence-corrected chi connectivity index (χ2v) is 9.73. The summed E-state index contributed by atoms with van der Waals surface area (Å²) in [5, 5.41) is 3.20. The molecule has 10 heteroatoms. The van der Waals surface area contributed by atoms with E-state index in [1.165, 1.54) is 38.4 Å². The second kappa shape index (κ2) is 8.11. The molecule has 1 heterocycles. The van der Waals surface area contributed by atoms with E-state index in [2.05, 4.69) is 10.0 Å². The summed E-state index contributed by atoms with van der Waals surface area (Å²) in [5.74, 6) is 0.135. The zero-order chi connectivity index (χ0) is 17.3. The smallest absolute Gasteiger partial charge is 0.243 e. The van der Waals surface area contributed by atoms with Crippen LogP contribution in [0, 0.1) is 5.92 Å². The lowest BCUT2D eigenvalue weighted by Gasteiger charge is -2.30. The lowest BCUT2D eigenvalue weighted by Crippen LogP contribution is -2.48. The number of hydrogen-bond donors (Lipinski definition) is 2. The first kappa shape index (κ1) is 21.3. The molecule has 0 aromatic heterocycles. The molecule has 1 aromatic carbocycles. The first-order valence-corrected chi connectivity index (χ1v) is 10.3. The summed E-state index contributed by atoms with van der Waals surface area (Å²) in [7, 11) is -5.01. The van der Waals surface area contributed by atoms with Gasteiger partial charge in [0.05, 0.1) is 0 Å². The van der Waals surface area contributed by atoms with Crippen molar-refractivity contribution in [3.63, 3.8) is 0 Å². The standard InChI is InChI=1S/C14H23N3O4S2.ClH/c1-11-10-15-9-8-12(11)16-22(18,19)13-6-4-5-7-14(13)23(20,21)17(2)3;/h4-7,11-12,15-16H,8-10H2,1-3H3;1H. The Morgan fingerprint density at radius 3 is 2.25 bits per heavy atom. The lowest BCUT2D eigenvalue weighted by molar-refractivity contribution is 0.328. The van der Waals surface area contributed by atoms with Crippen LogP contribution in [0.1, 0.15) is 13.3 Å². The van der Waals surface area contributed by atoms with Crippen molar-refractivity contribution in [2.75, 3.05) is 27.2 Å². The van der Waals surface area contributed by atoms with E-state index in [0.717, 1.165) is 17.4 Å². The van der Waals surface area contributed by atoms with Crippen molar-refractivity contribution < 1.29 is 16.8 Å². The molecule has 24 heavy (non-hydrogen) atoms. The number of hydrogen-bond acceptors (Lipinski definition) is 5. The van der Waals surface area contributed by atoms with Crippen molar-refractivity contribution in [1.29, 1.82) is 0 Å². The molecule has 0 saturated carbocycles. The molecule has 1 aromatic rings. The fourth-order valence-electron chi connectivity index (χ4n) is 2.53. The van der Waals surface area contributed by atoms with Crippen LogP contribution in [0.4, 0.5) is 0 Å². The van der Waals surface area contributed by atoms with E-state index in [1.807, 2.05) is 6.92 Å². The Morgan fingerprint density at radius 2 is 1.71 bits per heavy atom. The summed E-state index contributed by atoms with van der Waals surface area (Å²) in [6, 6.07) is 5.47. The highest BCUT2D eigenvalue weighted by molar-refractivity contribution is 7.92. The van der Waals surface area contributed by atoms with Crippen molar-refractivity contribution in [1.82, 2.24) is 14.3 Å². The molecule has 1 aliphatic rings. The first-order chi connectivity index (χ1) is 10.7. The van der Waals surface area contributed by atoms with Crippen LogP contribution in [0.3, 0.4) is 0 Å². The highest BCUT2D eigenvalue weighted by atomic mass is 35.5. The minimum Gasteiger partial charge on any atom is -0.316 e. The molecule has 1 fully saturated rings. The van der Waals surface area contributed by atoms with Gasteiger partial charge in [-0.3, -0.25) is 0 Å². The Labute approximate surface area is 150 Å². The third-order valence-corrected chi connectivity index (χ3v) is 7.54. The molecular formula is C14H24ClN3O4S2. The van der Waals surface area contributed by atoms with Gasteiger partial charge in [-0.15, -0.1) is 12.4 Å². The summed E-state index contributed by atoms with van der Waals surface area (Å²) in [4.78, 5) is -0.418. The van der Waals surface area contributed by atoms with Crippen LogP contribution in [0.2, 0.25) is 0 Å². The van der Waals surface area contributed by atoms with Gasteiger partial charge in [0.1, 0.15) is 9.79 Å². The average Bonchev–Trinajstić information content (AvgIpc) is 2.49. The van der Waals surface area contributed by atoms with E-state index in [1.54, 1.807) is 0 Å². The lowest BCUT2D eigenvalue weighted by atomic mass is 9.97. The van der Waals surface area contributed by atoms with Crippen molar-refractivity contribution in [3.05, 3.63) is 24.3 Å². The Hall–Kier alpha value is -0.710. The van der Waals surface area contributed by atoms with Crippen LogP contribution in [-0.2, 0) is 20.0 Å². The number of nitrogens with one attached hydrogen (secondary N) is 2. The third-order valence-electron chi connectivity index (χ3n) is 3.99. The molecule has 0 spiro atoms. The van der Waals surface area contributed by atoms with Crippen molar-refractivity contribution in [2.45, 2.75) is 29.2 Å². The monoisotopic (exact) mass is 397 g/mol. The Balaban J connectivity index is 0.00000288. The van der Waals surface area contributed by atoms with Crippen molar-refractivity contribution >= 4 is 32.5 Å². The fourth-order valence-corrected chi connectivity index (χ4v) is 5.61. The van der Waals surface area contributed by atoms with Gasteiger partial charge >= 0.3 is 0 Å². The number of nitrogens with zero attached hydrogens (tertiary/aromatic N) is 1. The topological polar surface area (TPSA) is 95.6 Å². The van der Waals surface area contributed by atoms with Gasteiger partial charge in [-0.1, -0.05) is 19.1 Å². The van der Waals surface area contributed by atoms with Gasteiger partial charge < -0.3 is 5.32 Å². The number of halogens is 1. The van der Waals surface area contributed by atoms with Crippen LogP contribution in [0.25, 0.3) is 0 Å². The summed E-state index contributed by atoms with van der Waals surface area (Å²) in [6.07, 6.45) is 0.670. The molecule has 2 atom stereocenters. The van der Waals surface area contributed by atoms with E-state index < -0.39 is 20.0 Å². The Bertz CT molecular complexity index is 766. The van der Waals surface area contributed by atoms with Gasteiger partial charge in [-0.05, 0) is 37.6 Å². The minimum absolute atomic E-state index is 0. The summed E-state index contributed by atoms with van der Waals surface area (Å²) < 4.78 is 53.9. The molecule has 7 nitrogen and oxygen atoms in total. The highest BCUT2D eigenvalue weighted by Crippen LogP contribution is 2.24. The number of sulfonamides is 2. The van der Waals surface area contributed by atoms with Crippen LogP contribution >= 0.6 is 12.4 Å². The Morgan fingerprint density at radius 1 is 1.12 bits per heavy atom. The molecule has 0 bridgehead atoms. The van der Waals surface area contributed by atoms with Crippen LogP contribution in [0.15, 0.2) is 34.1 Å². The summed E-state index contributed by atoms with van der Waals surface area (Å²) in [5.41, 5.74) is 0. The van der Waals surface area contributed by atoms with Gasteiger partial charge in [0.2, 0.25) is 20.0 Å². The number of rotatable bonds is 5. The molecule has 0 radical (unpaired) electrons. The largest absolute Gasteiger partial charge is 0.316 e. The van der Waals surface area contributed by atoms with Gasteiger partial charge in [0.25, 0.3) is 0 Å². The summed E-state index contributed by atoms with van der Waals surface area (Å²) in [6.45, 7) is 3.42. The minimum atomic E-state index is -3.92. The van der Waals surface area contributed by atoms with Crippen molar-refractivity contribution in [2.24, 2.45) is 5.92 Å². The SMILES string of the molecule is CC1CNCCC1NS(=O)(=O)c1ccccc1S(=O)(=O)N(C)C.Cl. The zero-order valence-corrected chi connectivity index (χ0v) is 16.3. The number of benzene rings is 1. The molecule has 0 amide bonds. The van der Waals surface area contributed by atoms with E-state index in [0.29, 0.717) is 6.42 Å². The first-order valence-electron chi connectivity index (χ1n) is 7.41. The van der Waals surface area contributed by atoms with E-state index in [-0.39, 0.29) is 34.2 Å². The molecule has 1 aliphatic heterocycles. The Kier molecular flexibility index (Phi) is 7.21. The molecule has 2 unspecified atom stereocenters. The second-order valence-electron chi connectivity index (χ2n) is 5.93. The van der Waals surface area contributed by atoms with Crippen molar-refractivity contribution in [3.8, 4) is 0 Å². The highest BCUT2D eigenvalue weighted by Gasteiger charge is 2.31. The maximum absolute atomic E-state index is 12.7. The molecule has 1 saturated heterocycles. The molecule has 2 rings (SSSR count). The van der Waals surface area contributed by atoms with Gasteiger partial charge in [0.15, 0.2) is 0 Å². The van der Waals surface area contributed by atoms with Gasteiger partial charge in [-0.2, -0.15) is 0 Å². The quantitative estimate of drug-likeness (QED) is 0.760. The normalized spacial score (nSPS) is 22.2. The molecular weight excluding hydrogens is 374 g/mol. The van der Waals surface area contributed by atoms with Crippen LogP contribution in [-0.4, -0.2) is 54.4 Å². The molecule has 138 valence electrons. The van der Waals surface area contributed by atoms with Crippen LogP contribution in [0.5, 0.6) is 0 Å². The van der Waals surface area contributed by atoms with E-state index in [4.69, 9.17) is 0 Å². The maximum Gasteiger partial charge on any atom is 0.243 e. The maximum atomic E-state index is 12.7. The number of piperidine rings is 1. The molecule has 2 N–H and O–H groups in total. The van der Waals surface area contributed by atoms with Gasteiger partial charge in [-0.25, -0.2) is 25.9 Å². The molecule has 0 aliphatic carbocycles. The average molecular weight is 398 g/mol. The van der Waals surface area contributed by atoms with E-state index >= 15 is 0 Å².